The number of aromatic amines is 1. The average molecular weight is 516 g/mol. The Bertz CT molecular complexity index is 1440. The number of aliphatic imine (C=N–C) groups is 1. The van der Waals surface area contributed by atoms with E-state index >= 15 is 0 Å². The number of thiocarbonyl (C=S) groups is 1. The minimum Gasteiger partial charge on any atom is -0.497 e. The van der Waals surface area contributed by atoms with Crippen molar-refractivity contribution >= 4 is 51.6 Å². The molecule has 0 saturated carbocycles. The Balaban J connectivity index is 1.50. The fourth-order valence-electron chi connectivity index (χ4n) is 3.84. The average Bonchev–Trinajstić information content (AvgIpc) is 3.25. The molecule has 4 N–H and O–H groups in total. The van der Waals surface area contributed by atoms with E-state index in [1.54, 1.807) is 31.4 Å². The Morgan fingerprint density at radius 1 is 1.05 bits per heavy atom. The van der Waals surface area contributed by atoms with Crippen LogP contribution in [0.15, 0.2) is 59.7 Å². The minimum absolute atomic E-state index is 0.00737. The van der Waals surface area contributed by atoms with Gasteiger partial charge in [0.05, 0.1) is 7.11 Å². The molecule has 0 bridgehead atoms. The molecule has 0 aliphatic heterocycles. The maximum absolute atomic E-state index is 11.5. The molecule has 0 aliphatic carbocycles. The zero-order valence-corrected chi connectivity index (χ0v) is 22.0. The number of nitrogens with one attached hydrogen (secondary N) is 4. The molecule has 4 aromatic rings. The van der Waals surface area contributed by atoms with Crippen molar-refractivity contribution in [3.63, 3.8) is 0 Å². The maximum atomic E-state index is 11.5. The summed E-state index contributed by atoms with van der Waals surface area (Å²) in [6.07, 6.45) is 2.69. The fourth-order valence-corrected chi connectivity index (χ4v) is 4.05. The molecule has 0 fully saturated rings. The van der Waals surface area contributed by atoms with Gasteiger partial charge in [-0.2, -0.15) is 0 Å². The van der Waals surface area contributed by atoms with Crippen LogP contribution in [0.25, 0.3) is 10.9 Å². The van der Waals surface area contributed by atoms with Crippen molar-refractivity contribution in [1.82, 2.24) is 20.3 Å². The Kier molecular flexibility index (Phi) is 8.09. The summed E-state index contributed by atoms with van der Waals surface area (Å²) in [4.78, 5) is 28.4. The first-order valence-electron chi connectivity index (χ1n) is 11.8. The van der Waals surface area contributed by atoms with E-state index < -0.39 is 0 Å². The lowest BCUT2D eigenvalue weighted by Gasteiger charge is -2.14. The minimum atomic E-state index is 0.00737. The second-order valence-electron chi connectivity index (χ2n) is 8.52. The van der Waals surface area contributed by atoms with Gasteiger partial charge in [-0.1, -0.05) is 0 Å². The first-order chi connectivity index (χ1) is 17.8. The second-order valence-corrected chi connectivity index (χ2v) is 8.93. The molecule has 0 amide bonds. The van der Waals surface area contributed by atoms with E-state index in [-0.39, 0.29) is 5.78 Å². The van der Waals surface area contributed by atoms with E-state index in [0.29, 0.717) is 35.5 Å². The smallest absolute Gasteiger partial charge is 0.229 e. The highest BCUT2D eigenvalue weighted by Crippen LogP contribution is 2.24. The summed E-state index contributed by atoms with van der Waals surface area (Å²) in [5.41, 5.74) is 5.24. The van der Waals surface area contributed by atoms with Gasteiger partial charge in [0.25, 0.3) is 0 Å². The molecule has 10 heteroatoms. The van der Waals surface area contributed by atoms with Crippen LogP contribution in [0.5, 0.6) is 5.75 Å². The fraction of sp³-hybridized carbons (Fsp3) is 0.222. The largest absolute Gasteiger partial charge is 0.497 e. The van der Waals surface area contributed by atoms with Gasteiger partial charge in [-0.25, -0.2) is 9.97 Å². The van der Waals surface area contributed by atoms with E-state index in [1.807, 2.05) is 44.3 Å². The van der Waals surface area contributed by atoms with Crippen molar-refractivity contribution in [3.8, 4) is 5.75 Å². The van der Waals surface area contributed by atoms with Gasteiger partial charge in [0, 0.05) is 46.3 Å². The molecule has 9 nitrogen and oxygen atoms in total. The number of H-pyrrole nitrogens is 1. The van der Waals surface area contributed by atoms with E-state index in [0.717, 1.165) is 39.3 Å². The predicted octanol–water partition coefficient (Wildman–Crippen LogP) is 4.78. The number of ether oxygens (including phenoxy) is 1. The zero-order valence-electron chi connectivity index (χ0n) is 21.2. The molecule has 0 unspecified atom stereocenters. The molecule has 0 aliphatic rings. The molecule has 0 atom stereocenters. The Hall–Kier alpha value is -4.31. The van der Waals surface area contributed by atoms with E-state index in [2.05, 4.69) is 30.9 Å². The summed E-state index contributed by atoms with van der Waals surface area (Å²) < 4.78 is 5.37. The number of hydrogen-bond acceptors (Lipinski definition) is 6. The number of carbonyl (C=O) groups is 1. The third-order valence-corrected chi connectivity index (χ3v) is 5.82. The second kappa shape index (κ2) is 11.6. The number of Topliss-reactive ketones (excluding diaryl/α,β-unsaturated/α-hetero) is 1. The number of aromatic nitrogens is 3. The van der Waals surface area contributed by atoms with Crippen molar-refractivity contribution in [1.29, 1.82) is 0 Å². The third kappa shape index (κ3) is 6.89. The first-order valence-corrected chi connectivity index (χ1v) is 12.2. The summed E-state index contributed by atoms with van der Waals surface area (Å²) in [5.74, 6) is 1.66. The number of methoxy groups -OCH3 is 1. The van der Waals surface area contributed by atoms with Gasteiger partial charge in [-0.05, 0) is 93.5 Å². The molecule has 37 heavy (non-hydrogen) atoms. The van der Waals surface area contributed by atoms with Crippen molar-refractivity contribution < 1.29 is 9.53 Å². The molecule has 0 spiro atoms. The van der Waals surface area contributed by atoms with Crippen molar-refractivity contribution in [3.05, 3.63) is 77.2 Å². The number of benzene rings is 2. The van der Waals surface area contributed by atoms with Gasteiger partial charge in [0.1, 0.15) is 5.75 Å². The predicted molar refractivity (Wildman–Crippen MR) is 152 cm³/mol. The number of aryl methyl sites for hydroxylation is 2. The molecular formula is C27H29N7O2S. The lowest BCUT2D eigenvalue weighted by Crippen LogP contribution is -2.39. The number of hydrogen-bond donors (Lipinski definition) is 4. The number of ketones is 1. The van der Waals surface area contributed by atoms with Crippen molar-refractivity contribution in [2.75, 3.05) is 24.3 Å². The first kappa shape index (κ1) is 25.8. The van der Waals surface area contributed by atoms with Gasteiger partial charge in [0.2, 0.25) is 11.9 Å². The van der Waals surface area contributed by atoms with Crippen LogP contribution in [0.3, 0.4) is 0 Å². The van der Waals surface area contributed by atoms with Crippen LogP contribution in [0.4, 0.5) is 11.6 Å². The molecule has 2 aromatic carbocycles. The lowest BCUT2D eigenvalue weighted by molar-refractivity contribution is 0.101. The molecule has 190 valence electrons. The van der Waals surface area contributed by atoms with Gasteiger partial charge in [0.15, 0.2) is 10.9 Å². The Labute approximate surface area is 220 Å². The van der Waals surface area contributed by atoms with Crippen molar-refractivity contribution in [2.45, 2.75) is 27.2 Å². The molecule has 2 heterocycles. The number of anilines is 2. The van der Waals surface area contributed by atoms with E-state index in [1.165, 1.54) is 6.92 Å². The highest BCUT2D eigenvalue weighted by molar-refractivity contribution is 7.80. The van der Waals surface area contributed by atoms with Crippen molar-refractivity contribution in [2.24, 2.45) is 4.99 Å². The van der Waals surface area contributed by atoms with E-state index in [4.69, 9.17) is 21.9 Å². The topological polar surface area (TPSA) is 116 Å². The highest BCUT2D eigenvalue weighted by Gasteiger charge is 2.09. The summed E-state index contributed by atoms with van der Waals surface area (Å²) in [6.45, 7) is 5.84. The molecule has 4 rings (SSSR count). The normalized spacial score (nSPS) is 11.3. The number of carbonyl (C=O) groups excluding carboxylic acids is 1. The Morgan fingerprint density at radius 3 is 2.46 bits per heavy atom. The summed E-state index contributed by atoms with van der Waals surface area (Å²) in [5, 5.41) is 10.8. The Morgan fingerprint density at radius 2 is 1.78 bits per heavy atom. The van der Waals surface area contributed by atoms with Crippen LogP contribution < -0.4 is 20.7 Å². The van der Waals surface area contributed by atoms with Crippen LogP contribution >= 0.6 is 12.2 Å². The molecule has 0 radical (unpaired) electrons. The van der Waals surface area contributed by atoms with E-state index in [9.17, 15) is 4.79 Å². The van der Waals surface area contributed by atoms with Crippen LogP contribution in [-0.2, 0) is 6.42 Å². The highest BCUT2D eigenvalue weighted by atomic mass is 32.1. The van der Waals surface area contributed by atoms with Crippen LogP contribution in [0, 0.1) is 13.8 Å². The molecule has 0 saturated heterocycles. The van der Waals surface area contributed by atoms with Gasteiger partial charge >= 0.3 is 0 Å². The SMILES string of the molecule is COc1ccc2[nH]cc(CCN=C(NC(=S)Nc3ccc(C(C)=O)cc3)Nc3nc(C)cc(C)n3)c2c1. The number of nitrogens with zero attached hydrogens (tertiary/aromatic N) is 3. The number of guanidine groups is 1. The monoisotopic (exact) mass is 515 g/mol. The van der Waals surface area contributed by atoms with Crippen LogP contribution in [0.1, 0.15) is 34.2 Å². The molecule has 2 aromatic heterocycles. The molecular weight excluding hydrogens is 486 g/mol. The number of fused-ring (bicyclic) bond motifs is 1. The van der Waals surface area contributed by atoms with Crippen LogP contribution in [-0.4, -0.2) is 45.5 Å². The van der Waals surface area contributed by atoms with Gasteiger partial charge in [-0.15, -0.1) is 0 Å². The summed E-state index contributed by atoms with van der Waals surface area (Å²) >= 11 is 5.52. The standard InChI is InChI=1S/C27H29N7O2S/c1-16-13-17(2)31-26(30-16)33-25(34-27(37)32-21-7-5-19(6-8-21)18(3)35)28-12-11-20-15-29-24-10-9-22(36-4)14-23(20)24/h5-10,13-15,29H,11-12H2,1-4H3,(H3,28,30,31,32,33,34,37). The third-order valence-electron chi connectivity index (χ3n) is 5.62. The van der Waals surface area contributed by atoms with Gasteiger partial charge in [-0.3, -0.25) is 15.1 Å². The maximum Gasteiger partial charge on any atom is 0.229 e. The van der Waals surface area contributed by atoms with Crippen LogP contribution in [0.2, 0.25) is 0 Å². The lowest BCUT2D eigenvalue weighted by atomic mass is 10.1. The zero-order chi connectivity index (χ0) is 26.4. The number of rotatable bonds is 7. The summed E-state index contributed by atoms with van der Waals surface area (Å²) in [6, 6.07) is 14.9. The van der Waals surface area contributed by atoms with Gasteiger partial charge < -0.3 is 20.4 Å². The summed E-state index contributed by atoms with van der Waals surface area (Å²) in [7, 11) is 1.66. The quantitative estimate of drug-likeness (QED) is 0.120.